The van der Waals surface area contributed by atoms with E-state index in [0.29, 0.717) is 19.1 Å². The monoisotopic (exact) mass is 317 g/mol. The minimum absolute atomic E-state index is 0.00760. The number of hydrogen-bond acceptors (Lipinski definition) is 3. The van der Waals surface area contributed by atoms with Crippen LogP contribution in [0.25, 0.3) is 0 Å². The van der Waals surface area contributed by atoms with Crippen molar-refractivity contribution in [3.8, 4) is 0 Å². The van der Waals surface area contributed by atoms with Crippen molar-refractivity contribution in [2.75, 3.05) is 18.5 Å². The van der Waals surface area contributed by atoms with Crippen molar-refractivity contribution in [2.24, 2.45) is 10.7 Å². The zero-order valence-electron chi connectivity index (χ0n) is 14.1. The Balaban J connectivity index is 1.52. The molecule has 1 aliphatic carbocycles. The number of nitrogens with two attached hydrogens (primary N) is 1. The first kappa shape index (κ1) is 16.3. The number of nitrogens with one attached hydrogen (secondary N) is 1. The third-order valence-corrected chi connectivity index (χ3v) is 4.77. The largest absolute Gasteiger partial charge is 0.370 e. The van der Waals surface area contributed by atoms with Gasteiger partial charge in [-0.3, -0.25) is 4.99 Å². The molecule has 1 saturated heterocycles. The van der Waals surface area contributed by atoms with Gasteiger partial charge in [0.15, 0.2) is 11.7 Å². The Morgan fingerprint density at radius 1 is 1.26 bits per heavy atom. The highest BCUT2D eigenvalue weighted by Crippen LogP contribution is 2.37. The molecule has 1 heterocycles. The molecule has 23 heavy (non-hydrogen) atoms. The summed E-state index contributed by atoms with van der Waals surface area (Å²) >= 11 is 0. The van der Waals surface area contributed by atoms with Gasteiger partial charge in [-0.05, 0) is 49.9 Å². The summed E-state index contributed by atoms with van der Waals surface area (Å²) in [5.74, 6) is 0.0794. The predicted molar refractivity (Wildman–Crippen MR) is 92.7 cm³/mol. The molecule has 2 aliphatic rings. The van der Waals surface area contributed by atoms with E-state index in [4.69, 9.17) is 15.2 Å². The fraction of sp³-hybridized carbons (Fsp3) is 0.611. The van der Waals surface area contributed by atoms with Crippen molar-refractivity contribution in [3.63, 3.8) is 0 Å². The molecule has 1 aromatic carbocycles. The minimum Gasteiger partial charge on any atom is -0.370 e. The summed E-state index contributed by atoms with van der Waals surface area (Å²) in [4.78, 5) is 4.41. The van der Waals surface area contributed by atoms with E-state index in [1.165, 1.54) is 30.4 Å². The summed E-state index contributed by atoms with van der Waals surface area (Å²) in [7, 11) is 0. The molecule has 1 aliphatic heterocycles. The zero-order valence-corrected chi connectivity index (χ0v) is 14.1. The molecular weight excluding hydrogens is 290 g/mol. The van der Waals surface area contributed by atoms with Gasteiger partial charge in [0, 0.05) is 18.5 Å². The van der Waals surface area contributed by atoms with Crippen LogP contribution in [0.3, 0.4) is 0 Å². The van der Waals surface area contributed by atoms with E-state index in [1.54, 1.807) is 0 Å². The quantitative estimate of drug-likeness (QED) is 0.664. The fourth-order valence-corrected chi connectivity index (χ4v) is 3.27. The molecule has 0 amide bonds. The Hall–Kier alpha value is -1.59. The van der Waals surface area contributed by atoms with Gasteiger partial charge >= 0.3 is 0 Å². The third kappa shape index (κ3) is 4.03. The fourth-order valence-electron chi connectivity index (χ4n) is 3.27. The summed E-state index contributed by atoms with van der Waals surface area (Å²) in [5, 5.41) is 3.14. The Labute approximate surface area is 138 Å². The SMILES string of the molecule is Cc1ccc(NC(N)=NCC2COC3(CCCCC3)O2)cc1C. The molecule has 0 radical (unpaired) electrons. The Kier molecular flexibility index (Phi) is 4.87. The maximum absolute atomic E-state index is 6.11. The molecule has 3 N–H and O–H groups in total. The molecular formula is C18H27N3O2. The van der Waals surface area contributed by atoms with Crippen LogP contribution in [0.5, 0.6) is 0 Å². The lowest BCUT2D eigenvalue weighted by atomic mass is 9.94. The van der Waals surface area contributed by atoms with Crippen LogP contribution >= 0.6 is 0 Å². The van der Waals surface area contributed by atoms with Crippen LogP contribution in [0.15, 0.2) is 23.2 Å². The van der Waals surface area contributed by atoms with Gasteiger partial charge in [0.05, 0.1) is 13.2 Å². The lowest BCUT2D eigenvalue weighted by Crippen LogP contribution is -2.34. The van der Waals surface area contributed by atoms with Crippen LogP contribution in [0.2, 0.25) is 0 Å². The number of benzene rings is 1. The van der Waals surface area contributed by atoms with Crippen LogP contribution in [-0.4, -0.2) is 31.0 Å². The smallest absolute Gasteiger partial charge is 0.193 e. The van der Waals surface area contributed by atoms with E-state index >= 15 is 0 Å². The van der Waals surface area contributed by atoms with Gasteiger partial charge in [-0.2, -0.15) is 0 Å². The Morgan fingerprint density at radius 2 is 2.04 bits per heavy atom. The molecule has 126 valence electrons. The van der Waals surface area contributed by atoms with Gasteiger partial charge in [-0.25, -0.2) is 0 Å². The van der Waals surface area contributed by atoms with Crippen molar-refractivity contribution in [1.82, 2.24) is 0 Å². The third-order valence-electron chi connectivity index (χ3n) is 4.77. The standard InChI is InChI=1S/C18H27N3O2/c1-13-6-7-15(10-14(13)2)21-17(19)20-11-16-12-22-18(23-16)8-4-3-5-9-18/h6-7,10,16H,3-5,8-9,11-12H2,1-2H3,(H3,19,20,21). The average Bonchev–Trinajstić information content (AvgIpc) is 2.92. The summed E-state index contributed by atoms with van der Waals surface area (Å²) in [6.45, 7) is 5.32. The van der Waals surface area contributed by atoms with E-state index in [2.05, 4.69) is 36.3 Å². The average molecular weight is 317 g/mol. The molecule has 1 atom stereocenters. The molecule has 1 aromatic rings. The van der Waals surface area contributed by atoms with Crippen molar-refractivity contribution < 1.29 is 9.47 Å². The molecule has 5 heteroatoms. The summed E-state index contributed by atoms with van der Waals surface area (Å²) in [5.41, 5.74) is 9.44. The number of guanidine groups is 1. The molecule has 1 saturated carbocycles. The van der Waals surface area contributed by atoms with Crippen LogP contribution in [0, 0.1) is 13.8 Å². The van der Waals surface area contributed by atoms with Gasteiger partial charge in [0.25, 0.3) is 0 Å². The van der Waals surface area contributed by atoms with Crippen molar-refractivity contribution in [2.45, 2.75) is 57.8 Å². The first-order chi connectivity index (χ1) is 11.1. The van der Waals surface area contributed by atoms with Crippen LogP contribution in [0.4, 0.5) is 5.69 Å². The second-order valence-corrected chi connectivity index (χ2v) is 6.67. The van der Waals surface area contributed by atoms with Gasteiger partial charge < -0.3 is 20.5 Å². The molecule has 0 aromatic heterocycles. The maximum Gasteiger partial charge on any atom is 0.193 e. The van der Waals surface area contributed by atoms with Crippen LogP contribution in [0.1, 0.15) is 43.2 Å². The lowest BCUT2D eigenvalue weighted by molar-refractivity contribution is -0.186. The Morgan fingerprint density at radius 3 is 2.78 bits per heavy atom. The van der Waals surface area contributed by atoms with E-state index < -0.39 is 0 Å². The summed E-state index contributed by atoms with van der Waals surface area (Å²) in [6.07, 6.45) is 5.67. The number of anilines is 1. The molecule has 1 spiro atoms. The second-order valence-electron chi connectivity index (χ2n) is 6.67. The van der Waals surface area contributed by atoms with E-state index in [9.17, 15) is 0 Å². The van der Waals surface area contributed by atoms with E-state index in [-0.39, 0.29) is 11.9 Å². The minimum atomic E-state index is -0.339. The van der Waals surface area contributed by atoms with Gasteiger partial charge in [0.2, 0.25) is 0 Å². The van der Waals surface area contributed by atoms with Gasteiger partial charge in [-0.15, -0.1) is 0 Å². The summed E-state index contributed by atoms with van der Waals surface area (Å²) < 4.78 is 12.0. The molecule has 2 fully saturated rings. The normalized spacial score (nSPS) is 24.1. The Bertz CT molecular complexity index is 580. The molecule has 1 unspecified atom stereocenters. The highest BCUT2D eigenvalue weighted by Gasteiger charge is 2.41. The van der Waals surface area contributed by atoms with Crippen molar-refractivity contribution >= 4 is 11.6 Å². The number of aliphatic imine (C=N–C) groups is 1. The van der Waals surface area contributed by atoms with Crippen molar-refractivity contribution in [3.05, 3.63) is 29.3 Å². The molecule has 5 nitrogen and oxygen atoms in total. The topological polar surface area (TPSA) is 68.9 Å². The lowest BCUT2D eigenvalue weighted by Gasteiger charge is -2.31. The van der Waals surface area contributed by atoms with Gasteiger partial charge in [-0.1, -0.05) is 12.5 Å². The second kappa shape index (κ2) is 6.89. The molecule has 3 rings (SSSR count). The first-order valence-electron chi connectivity index (χ1n) is 8.52. The predicted octanol–water partition coefficient (Wildman–Crippen LogP) is 3.11. The molecule has 0 bridgehead atoms. The van der Waals surface area contributed by atoms with E-state index in [1.807, 2.05) is 6.07 Å². The first-order valence-corrected chi connectivity index (χ1v) is 8.52. The van der Waals surface area contributed by atoms with Gasteiger partial charge in [0.1, 0.15) is 6.10 Å². The number of ether oxygens (including phenoxy) is 2. The number of rotatable bonds is 3. The maximum atomic E-state index is 6.11. The highest BCUT2D eigenvalue weighted by atomic mass is 16.7. The number of aryl methyl sites for hydroxylation is 2. The van der Waals surface area contributed by atoms with E-state index in [0.717, 1.165) is 18.5 Å². The number of nitrogens with zero attached hydrogens (tertiary/aromatic N) is 1. The zero-order chi connectivity index (χ0) is 16.3. The number of hydrogen-bond donors (Lipinski definition) is 2. The van der Waals surface area contributed by atoms with Crippen molar-refractivity contribution in [1.29, 1.82) is 0 Å². The van der Waals surface area contributed by atoms with Crippen LogP contribution < -0.4 is 11.1 Å². The summed E-state index contributed by atoms with van der Waals surface area (Å²) in [6, 6.07) is 6.16. The highest BCUT2D eigenvalue weighted by molar-refractivity contribution is 5.92. The van der Waals surface area contributed by atoms with Crippen LogP contribution in [-0.2, 0) is 9.47 Å².